The van der Waals surface area contributed by atoms with Crippen molar-refractivity contribution in [2.24, 2.45) is 5.92 Å². The monoisotopic (exact) mass is 289 g/mol. The van der Waals surface area contributed by atoms with Crippen molar-refractivity contribution in [2.45, 2.75) is 55.9 Å². The Hall–Kier alpha value is -0.470. The minimum atomic E-state index is 0.741. The summed E-state index contributed by atoms with van der Waals surface area (Å²) in [6.07, 6.45) is 7.10. The molecule has 110 valence electrons. The van der Waals surface area contributed by atoms with Crippen molar-refractivity contribution in [3.05, 3.63) is 29.8 Å². The molecule has 1 heterocycles. The molecule has 0 radical (unpaired) electrons. The first-order valence-electron chi connectivity index (χ1n) is 8.20. The van der Waals surface area contributed by atoms with Crippen molar-refractivity contribution < 1.29 is 0 Å². The molecule has 0 N–H and O–H groups in total. The molecule has 2 aliphatic rings. The van der Waals surface area contributed by atoms with Crippen molar-refractivity contribution >= 4 is 11.8 Å². The van der Waals surface area contributed by atoms with Gasteiger partial charge in [0.05, 0.1) is 0 Å². The Bertz CT molecular complexity index is 437. The van der Waals surface area contributed by atoms with Crippen molar-refractivity contribution in [1.82, 2.24) is 4.90 Å². The van der Waals surface area contributed by atoms with E-state index in [2.05, 4.69) is 43.1 Å². The smallest absolute Gasteiger partial charge is 0.0108 e. The first-order chi connectivity index (χ1) is 9.78. The van der Waals surface area contributed by atoms with Crippen LogP contribution in [0.5, 0.6) is 0 Å². The molecule has 1 aliphatic carbocycles. The molecule has 1 aliphatic heterocycles. The van der Waals surface area contributed by atoms with Crippen LogP contribution in [-0.2, 0) is 0 Å². The molecular weight excluding hydrogens is 262 g/mol. The number of hydrogen-bond acceptors (Lipinski definition) is 2. The van der Waals surface area contributed by atoms with Gasteiger partial charge in [0.1, 0.15) is 0 Å². The van der Waals surface area contributed by atoms with Crippen LogP contribution in [0.2, 0.25) is 0 Å². The van der Waals surface area contributed by atoms with Crippen LogP contribution < -0.4 is 0 Å². The molecule has 0 spiro atoms. The maximum absolute atomic E-state index is 2.65. The molecule has 3 rings (SSSR count). The van der Waals surface area contributed by atoms with Crippen molar-refractivity contribution in [3.8, 4) is 0 Å². The Kier molecular flexibility index (Phi) is 4.72. The van der Waals surface area contributed by atoms with Gasteiger partial charge in [0, 0.05) is 29.2 Å². The third-order valence-corrected chi connectivity index (χ3v) is 6.58. The summed E-state index contributed by atoms with van der Waals surface area (Å²) in [5.41, 5.74) is 1.59. The van der Waals surface area contributed by atoms with Gasteiger partial charge in [0.25, 0.3) is 0 Å². The third-order valence-electron chi connectivity index (χ3n) is 5.32. The number of hydrogen-bond donors (Lipinski definition) is 0. The van der Waals surface area contributed by atoms with Crippen LogP contribution in [0.25, 0.3) is 0 Å². The standard InChI is InChI=1S/C18H27NS/c1-3-14-8-10-16(11-9-14)19(2)12-15-13-20-18-7-5-4-6-17(15)18/h4-7,14-16H,3,8-13H2,1-2H3. The summed E-state index contributed by atoms with van der Waals surface area (Å²) in [5.74, 6) is 3.01. The predicted octanol–water partition coefficient (Wildman–Crippen LogP) is 4.78. The second-order valence-electron chi connectivity index (χ2n) is 6.57. The van der Waals surface area contributed by atoms with E-state index in [-0.39, 0.29) is 0 Å². The Labute approximate surface area is 128 Å². The van der Waals surface area contributed by atoms with E-state index < -0.39 is 0 Å². The van der Waals surface area contributed by atoms with Gasteiger partial charge in [-0.25, -0.2) is 0 Å². The van der Waals surface area contributed by atoms with Crippen LogP contribution in [0.15, 0.2) is 29.2 Å². The van der Waals surface area contributed by atoms with Gasteiger partial charge in [-0.1, -0.05) is 31.5 Å². The number of rotatable bonds is 4. The van der Waals surface area contributed by atoms with Gasteiger partial charge < -0.3 is 4.90 Å². The van der Waals surface area contributed by atoms with Gasteiger partial charge in [-0.15, -0.1) is 11.8 Å². The lowest BCUT2D eigenvalue weighted by atomic mass is 9.84. The van der Waals surface area contributed by atoms with Gasteiger partial charge in [-0.2, -0.15) is 0 Å². The fourth-order valence-electron chi connectivity index (χ4n) is 3.87. The van der Waals surface area contributed by atoms with Gasteiger partial charge in [-0.05, 0) is 50.3 Å². The number of thioether (sulfide) groups is 1. The van der Waals surface area contributed by atoms with E-state index in [1.54, 1.807) is 5.56 Å². The Morgan fingerprint density at radius 3 is 2.65 bits per heavy atom. The minimum absolute atomic E-state index is 0.741. The Morgan fingerprint density at radius 2 is 1.90 bits per heavy atom. The molecule has 1 unspecified atom stereocenters. The highest BCUT2D eigenvalue weighted by Crippen LogP contribution is 2.40. The fourth-order valence-corrected chi connectivity index (χ4v) is 5.11. The van der Waals surface area contributed by atoms with Gasteiger partial charge in [0.15, 0.2) is 0 Å². The van der Waals surface area contributed by atoms with Gasteiger partial charge >= 0.3 is 0 Å². The highest BCUT2D eigenvalue weighted by atomic mass is 32.2. The Balaban J connectivity index is 1.56. The number of likely N-dealkylation sites (N-methyl/N-ethyl adjacent to an activating group) is 1. The first-order valence-corrected chi connectivity index (χ1v) is 9.18. The summed E-state index contributed by atoms with van der Waals surface area (Å²) in [7, 11) is 2.35. The van der Waals surface area contributed by atoms with E-state index in [9.17, 15) is 0 Å². The molecule has 20 heavy (non-hydrogen) atoms. The zero-order valence-corrected chi connectivity index (χ0v) is 13.7. The highest BCUT2D eigenvalue weighted by Gasteiger charge is 2.28. The molecule has 1 nitrogen and oxygen atoms in total. The normalized spacial score (nSPS) is 29.6. The summed E-state index contributed by atoms with van der Waals surface area (Å²) < 4.78 is 0. The molecule has 1 saturated carbocycles. The SMILES string of the molecule is CCC1CCC(N(C)CC2CSc3ccccc32)CC1. The lowest BCUT2D eigenvalue weighted by molar-refractivity contribution is 0.158. The molecular formula is C18H27NS. The number of benzene rings is 1. The van der Waals surface area contributed by atoms with Crippen LogP contribution in [0.1, 0.15) is 50.5 Å². The van der Waals surface area contributed by atoms with Crippen LogP contribution in [0.4, 0.5) is 0 Å². The molecule has 1 aromatic carbocycles. The summed E-state index contributed by atoms with van der Waals surface area (Å²) in [5, 5.41) is 0. The lowest BCUT2D eigenvalue weighted by Gasteiger charge is -2.35. The van der Waals surface area contributed by atoms with Crippen LogP contribution >= 0.6 is 11.8 Å². The second kappa shape index (κ2) is 6.53. The maximum Gasteiger partial charge on any atom is 0.0108 e. The van der Waals surface area contributed by atoms with Crippen molar-refractivity contribution in [1.29, 1.82) is 0 Å². The largest absolute Gasteiger partial charge is 0.303 e. The average Bonchev–Trinajstić information content (AvgIpc) is 2.91. The summed E-state index contributed by atoms with van der Waals surface area (Å²) in [4.78, 5) is 4.17. The summed E-state index contributed by atoms with van der Waals surface area (Å²) in [6, 6.07) is 9.82. The fraction of sp³-hybridized carbons (Fsp3) is 0.667. The zero-order chi connectivity index (χ0) is 13.9. The number of nitrogens with zero attached hydrogens (tertiary/aromatic N) is 1. The van der Waals surface area contributed by atoms with E-state index in [1.165, 1.54) is 49.3 Å². The zero-order valence-electron chi connectivity index (χ0n) is 12.8. The topological polar surface area (TPSA) is 3.24 Å². The molecule has 0 amide bonds. The van der Waals surface area contributed by atoms with Crippen molar-refractivity contribution in [3.63, 3.8) is 0 Å². The predicted molar refractivity (Wildman–Crippen MR) is 88.6 cm³/mol. The quantitative estimate of drug-likeness (QED) is 0.785. The molecule has 1 aromatic rings. The van der Waals surface area contributed by atoms with Crippen LogP contribution in [0.3, 0.4) is 0 Å². The summed E-state index contributed by atoms with van der Waals surface area (Å²) in [6.45, 7) is 3.59. The number of fused-ring (bicyclic) bond motifs is 1. The molecule has 0 aromatic heterocycles. The van der Waals surface area contributed by atoms with E-state index in [4.69, 9.17) is 0 Å². The van der Waals surface area contributed by atoms with Gasteiger partial charge in [-0.3, -0.25) is 0 Å². The highest BCUT2D eigenvalue weighted by molar-refractivity contribution is 7.99. The maximum atomic E-state index is 2.65. The first kappa shape index (κ1) is 14.5. The Morgan fingerprint density at radius 1 is 1.15 bits per heavy atom. The molecule has 0 bridgehead atoms. The second-order valence-corrected chi connectivity index (χ2v) is 7.63. The third kappa shape index (κ3) is 3.07. The van der Waals surface area contributed by atoms with E-state index in [0.29, 0.717) is 0 Å². The molecule has 2 heteroatoms. The van der Waals surface area contributed by atoms with E-state index in [0.717, 1.165) is 17.9 Å². The van der Waals surface area contributed by atoms with E-state index in [1.807, 2.05) is 11.8 Å². The lowest BCUT2D eigenvalue weighted by Crippen LogP contribution is -2.37. The van der Waals surface area contributed by atoms with Crippen LogP contribution in [-0.4, -0.2) is 30.3 Å². The van der Waals surface area contributed by atoms with Gasteiger partial charge in [0.2, 0.25) is 0 Å². The molecule has 0 saturated heterocycles. The summed E-state index contributed by atoms with van der Waals surface area (Å²) >= 11 is 2.04. The van der Waals surface area contributed by atoms with Crippen LogP contribution in [0, 0.1) is 5.92 Å². The van der Waals surface area contributed by atoms with Crippen molar-refractivity contribution in [2.75, 3.05) is 19.3 Å². The average molecular weight is 289 g/mol. The minimum Gasteiger partial charge on any atom is -0.303 e. The molecule has 1 fully saturated rings. The van der Waals surface area contributed by atoms with E-state index >= 15 is 0 Å². The molecule has 1 atom stereocenters.